The third kappa shape index (κ3) is 3.62. The van der Waals surface area contributed by atoms with Crippen LogP contribution in [-0.2, 0) is 16.4 Å². The van der Waals surface area contributed by atoms with Crippen molar-refractivity contribution >= 4 is 15.7 Å². The van der Waals surface area contributed by atoms with Crippen LogP contribution in [0.25, 0.3) is 0 Å². The van der Waals surface area contributed by atoms with E-state index in [0.29, 0.717) is 12.2 Å². The predicted molar refractivity (Wildman–Crippen MR) is 85.9 cm³/mol. The second-order valence-electron chi connectivity index (χ2n) is 5.04. The smallest absolute Gasteiger partial charge is 0.261 e. The first-order valence-electron chi connectivity index (χ1n) is 6.82. The zero-order chi connectivity index (χ0) is 15.5. The maximum Gasteiger partial charge on any atom is 0.261 e. The highest BCUT2D eigenvalue weighted by Crippen LogP contribution is 2.22. The molecule has 0 radical (unpaired) electrons. The van der Waals surface area contributed by atoms with Gasteiger partial charge in [0.25, 0.3) is 10.0 Å². The van der Waals surface area contributed by atoms with Crippen LogP contribution in [0.5, 0.6) is 0 Å². The maximum atomic E-state index is 12.4. The van der Waals surface area contributed by atoms with Gasteiger partial charge in [-0.15, -0.1) is 0 Å². The van der Waals surface area contributed by atoms with Gasteiger partial charge in [0.15, 0.2) is 0 Å². The average Bonchev–Trinajstić information content (AvgIpc) is 2.45. The highest BCUT2D eigenvalue weighted by Gasteiger charge is 2.15. The molecule has 2 aromatic rings. The normalized spacial score (nSPS) is 11.4. The molecule has 0 aliphatic rings. The molecule has 0 saturated heterocycles. The Hall–Kier alpha value is -1.85. The SMILES string of the molecule is Cc1cccc(NS(=O)(=O)c2ccc(CCN)cc2)c1C. The third-order valence-corrected chi connectivity index (χ3v) is 4.90. The van der Waals surface area contributed by atoms with E-state index in [1.165, 1.54) is 0 Å². The van der Waals surface area contributed by atoms with Crippen molar-refractivity contribution in [3.8, 4) is 0 Å². The van der Waals surface area contributed by atoms with Crippen molar-refractivity contribution in [3.05, 3.63) is 59.2 Å². The largest absolute Gasteiger partial charge is 0.330 e. The van der Waals surface area contributed by atoms with Gasteiger partial charge in [0, 0.05) is 0 Å². The molecular formula is C16H20N2O2S. The fourth-order valence-corrected chi connectivity index (χ4v) is 3.19. The second-order valence-corrected chi connectivity index (χ2v) is 6.72. The lowest BCUT2D eigenvalue weighted by molar-refractivity contribution is 0.601. The number of benzene rings is 2. The number of hydrogen-bond donors (Lipinski definition) is 2. The van der Waals surface area contributed by atoms with Crippen molar-refractivity contribution in [2.45, 2.75) is 25.2 Å². The number of hydrogen-bond acceptors (Lipinski definition) is 3. The van der Waals surface area contributed by atoms with Crippen LogP contribution in [0.4, 0.5) is 5.69 Å². The van der Waals surface area contributed by atoms with Gasteiger partial charge in [0.05, 0.1) is 10.6 Å². The molecule has 2 rings (SSSR count). The zero-order valence-corrected chi connectivity index (χ0v) is 13.1. The Morgan fingerprint density at radius 3 is 2.33 bits per heavy atom. The van der Waals surface area contributed by atoms with Gasteiger partial charge < -0.3 is 5.73 Å². The predicted octanol–water partition coefficient (Wildman–Crippen LogP) is 2.61. The molecule has 0 fully saturated rings. The molecule has 0 aliphatic carbocycles. The number of aryl methyl sites for hydroxylation is 1. The van der Waals surface area contributed by atoms with Gasteiger partial charge in [-0.3, -0.25) is 4.72 Å². The minimum Gasteiger partial charge on any atom is -0.330 e. The summed E-state index contributed by atoms with van der Waals surface area (Å²) in [5.41, 5.74) is 9.11. The Labute approximate surface area is 126 Å². The summed E-state index contributed by atoms with van der Waals surface area (Å²) in [6, 6.07) is 12.4. The minimum absolute atomic E-state index is 0.254. The van der Waals surface area contributed by atoms with Crippen LogP contribution < -0.4 is 10.5 Å². The molecule has 0 bridgehead atoms. The summed E-state index contributed by atoms with van der Waals surface area (Å²) in [6.07, 6.45) is 0.741. The Morgan fingerprint density at radius 1 is 1.05 bits per heavy atom. The van der Waals surface area contributed by atoms with Crippen LogP contribution in [0, 0.1) is 13.8 Å². The molecule has 0 aliphatic heterocycles. The Bertz CT molecular complexity index is 722. The van der Waals surface area contributed by atoms with Crippen LogP contribution in [0.1, 0.15) is 16.7 Å². The van der Waals surface area contributed by atoms with Gasteiger partial charge in [-0.1, -0.05) is 24.3 Å². The number of anilines is 1. The van der Waals surface area contributed by atoms with E-state index in [1.54, 1.807) is 30.3 Å². The molecule has 0 saturated carbocycles. The Kier molecular flexibility index (Phi) is 4.65. The van der Waals surface area contributed by atoms with Crippen molar-refractivity contribution in [1.82, 2.24) is 0 Å². The van der Waals surface area contributed by atoms with Crippen LogP contribution in [0.3, 0.4) is 0 Å². The molecule has 2 aromatic carbocycles. The first kappa shape index (κ1) is 15.5. The van der Waals surface area contributed by atoms with Crippen LogP contribution in [-0.4, -0.2) is 15.0 Å². The maximum absolute atomic E-state index is 12.4. The number of rotatable bonds is 5. The number of nitrogens with one attached hydrogen (secondary N) is 1. The molecule has 21 heavy (non-hydrogen) atoms. The summed E-state index contributed by atoms with van der Waals surface area (Å²) in [7, 11) is -3.57. The lowest BCUT2D eigenvalue weighted by atomic mass is 10.1. The topological polar surface area (TPSA) is 72.2 Å². The van der Waals surface area contributed by atoms with Crippen molar-refractivity contribution in [2.75, 3.05) is 11.3 Å². The van der Waals surface area contributed by atoms with E-state index in [0.717, 1.165) is 23.1 Å². The lowest BCUT2D eigenvalue weighted by Crippen LogP contribution is -2.14. The third-order valence-electron chi connectivity index (χ3n) is 3.52. The second kappa shape index (κ2) is 6.28. The molecule has 0 heterocycles. The van der Waals surface area contributed by atoms with Crippen LogP contribution >= 0.6 is 0 Å². The van der Waals surface area contributed by atoms with E-state index >= 15 is 0 Å². The van der Waals surface area contributed by atoms with Crippen molar-refractivity contribution in [3.63, 3.8) is 0 Å². The molecular weight excluding hydrogens is 284 g/mol. The van der Waals surface area contributed by atoms with E-state index < -0.39 is 10.0 Å². The van der Waals surface area contributed by atoms with E-state index in [2.05, 4.69) is 4.72 Å². The van der Waals surface area contributed by atoms with Gasteiger partial charge in [-0.2, -0.15) is 0 Å². The lowest BCUT2D eigenvalue weighted by Gasteiger charge is -2.12. The first-order valence-corrected chi connectivity index (χ1v) is 8.30. The Balaban J connectivity index is 2.27. The fourth-order valence-electron chi connectivity index (χ4n) is 2.07. The minimum atomic E-state index is -3.57. The van der Waals surface area contributed by atoms with Crippen LogP contribution in [0.15, 0.2) is 47.4 Å². The number of nitrogens with two attached hydrogens (primary N) is 1. The highest BCUT2D eigenvalue weighted by atomic mass is 32.2. The highest BCUT2D eigenvalue weighted by molar-refractivity contribution is 7.92. The molecule has 5 heteroatoms. The summed E-state index contributed by atoms with van der Waals surface area (Å²) in [5, 5.41) is 0. The number of sulfonamides is 1. The van der Waals surface area contributed by atoms with Gasteiger partial charge >= 0.3 is 0 Å². The van der Waals surface area contributed by atoms with Gasteiger partial charge in [0.1, 0.15) is 0 Å². The molecule has 0 unspecified atom stereocenters. The molecule has 0 aromatic heterocycles. The average molecular weight is 304 g/mol. The summed E-state index contributed by atoms with van der Waals surface area (Å²) < 4.78 is 27.4. The van der Waals surface area contributed by atoms with E-state index in [4.69, 9.17) is 5.73 Å². The van der Waals surface area contributed by atoms with Gasteiger partial charge in [-0.05, 0) is 61.7 Å². The molecule has 3 N–H and O–H groups in total. The summed E-state index contributed by atoms with van der Waals surface area (Å²) >= 11 is 0. The molecule has 0 amide bonds. The van der Waals surface area contributed by atoms with E-state index in [1.807, 2.05) is 26.0 Å². The van der Waals surface area contributed by atoms with Crippen LogP contribution in [0.2, 0.25) is 0 Å². The monoisotopic (exact) mass is 304 g/mol. The van der Waals surface area contributed by atoms with Gasteiger partial charge in [-0.25, -0.2) is 8.42 Å². The first-order chi connectivity index (χ1) is 9.94. The van der Waals surface area contributed by atoms with Crippen molar-refractivity contribution in [1.29, 1.82) is 0 Å². The standard InChI is InChI=1S/C16H20N2O2S/c1-12-4-3-5-16(13(12)2)18-21(19,20)15-8-6-14(7-9-15)10-11-17/h3-9,18H,10-11,17H2,1-2H3. The molecule has 4 nitrogen and oxygen atoms in total. The molecule has 112 valence electrons. The summed E-state index contributed by atoms with van der Waals surface area (Å²) in [6.45, 7) is 4.40. The fraction of sp³-hybridized carbons (Fsp3) is 0.250. The molecule has 0 atom stereocenters. The molecule has 0 spiro atoms. The summed E-state index contributed by atoms with van der Waals surface area (Å²) in [5.74, 6) is 0. The van der Waals surface area contributed by atoms with Crippen molar-refractivity contribution < 1.29 is 8.42 Å². The Morgan fingerprint density at radius 2 is 1.71 bits per heavy atom. The van der Waals surface area contributed by atoms with E-state index in [-0.39, 0.29) is 4.90 Å². The van der Waals surface area contributed by atoms with Crippen molar-refractivity contribution in [2.24, 2.45) is 5.73 Å². The summed E-state index contributed by atoms with van der Waals surface area (Å²) in [4.78, 5) is 0.254. The van der Waals surface area contributed by atoms with Gasteiger partial charge in [0.2, 0.25) is 0 Å². The quantitative estimate of drug-likeness (QED) is 0.892. The van der Waals surface area contributed by atoms with E-state index in [9.17, 15) is 8.42 Å². The zero-order valence-electron chi connectivity index (χ0n) is 12.3.